The summed E-state index contributed by atoms with van der Waals surface area (Å²) in [5.41, 5.74) is 4.68. The molecule has 0 bridgehead atoms. The van der Waals surface area contributed by atoms with Gasteiger partial charge in [0, 0.05) is 49.0 Å². The average Bonchev–Trinajstić information content (AvgIpc) is 3.11. The number of rotatable bonds is 2. The molecule has 0 radical (unpaired) electrons. The number of aryl methyl sites for hydroxylation is 2. The zero-order chi connectivity index (χ0) is 20.1. The lowest BCUT2D eigenvalue weighted by Gasteiger charge is -2.34. The van der Waals surface area contributed by atoms with Crippen LogP contribution in [-0.2, 0) is 11.2 Å². The molecular weight excluding hydrogens is 366 g/mol. The third-order valence-electron chi connectivity index (χ3n) is 6.00. The van der Waals surface area contributed by atoms with Crippen LogP contribution in [-0.4, -0.2) is 49.1 Å². The average molecular weight is 391 g/mol. The van der Waals surface area contributed by atoms with Crippen molar-refractivity contribution < 1.29 is 13.9 Å². The van der Waals surface area contributed by atoms with E-state index in [0.717, 1.165) is 59.8 Å². The van der Waals surface area contributed by atoms with Gasteiger partial charge in [-0.05, 0) is 51.1 Å². The first-order valence-corrected chi connectivity index (χ1v) is 10.1. The van der Waals surface area contributed by atoms with Crippen molar-refractivity contribution in [3.8, 4) is 5.75 Å². The maximum absolute atomic E-state index is 12.8. The number of carbonyl (C=O) groups is 1. The quantitative estimate of drug-likeness (QED) is 0.493. The maximum atomic E-state index is 12.8. The van der Waals surface area contributed by atoms with Gasteiger partial charge in [-0.15, -0.1) is 0 Å². The van der Waals surface area contributed by atoms with E-state index in [0.29, 0.717) is 17.9 Å². The van der Waals surface area contributed by atoms with Gasteiger partial charge in [0.1, 0.15) is 17.4 Å². The van der Waals surface area contributed by atoms with Crippen LogP contribution in [0.5, 0.6) is 5.75 Å². The van der Waals surface area contributed by atoms with E-state index in [2.05, 4.69) is 34.0 Å². The van der Waals surface area contributed by atoms with Gasteiger partial charge in [0.15, 0.2) is 5.58 Å². The molecule has 3 aromatic rings. The zero-order valence-corrected chi connectivity index (χ0v) is 17.1. The second-order valence-corrected chi connectivity index (χ2v) is 8.18. The van der Waals surface area contributed by atoms with Crippen molar-refractivity contribution in [3.05, 3.63) is 53.0 Å². The first-order chi connectivity index (χ1) is 14.0. The summed E-state index contributed by atoms with van der Waals surface area (Å²) in [6.45, 7) is 7.94. The van der Waals surface area contributed by atoms with Crippen molar-refractivity contribution in [1.29, 1.82) is 0 Å². The Balaban J connectivity index is 1.42. The summed E-state index contributed by atoms with van der Waals surface area (Å²) in [6.07, 6.45) is 0.586. The fourth-order valence-corrected chi connectivity index (χ4v) is 4.33. The van der Waals surface area contributed by atoms with Crippen LogP contribution >= 0.6 is 0 Å². The Kier molecular flexibility index (Phi) is 4.32. The number of nitrogens with zero attached hydrogens (tertiary/aromatic N) is 3. The molecule has 2 aliphatic heterocycles. The van der Waals surface area contributed by atoms with Crippen LogP contribution in [0, 0.1) is 13.8 Å². The van der Waals surface area contributed by atoms with Gasteiger partial charge in [0.25, 0.3) is 0 Å². The Hall–Kier alpha value is -2.86. The Morgan fingerprint density at radius 2 is 1.86 bits per heavy atom. The molecule has 1 aromatic carbocycles. The topological polar surface area (TPSA) is 58.8 Å². The summed E-state index contributed by atoms with van der Waals surface area (Å²) >= 11 is 0. The number of furan rings is 1. The number of fused-ring (bicyclic) bond motifs is 2. The monoisotopic (exact) mass is 391 g/mol. The van der Waals surface area contributed by atoms with Crippen molar-refractivity contribution >= 4 is 22.6 Å². The fraction of sp³-hybridized carbons (Fsp3) is 0.391. The number of likely N-dealkylation sites (N-methyl/N-ethyl adjacent to an activating group) is 1. The Morgan fingerprint density at radius 3 is 2.66 bits per heavy atom. The number of anilines is 1. The molecule has 0 N–H and O–H groups in total. The molecule has 2 aliphatic rings. The first-order valence-electron chi connectivity index (χ1n) is 10.1. The predicted octanol–water partition coefficient (Wildman–Crippen LogP) is 3.44. The highest BCUT2D eigenvalue weighted by molar-refractivity contribution is 5.86. The summed E-state index contributed by atoms with van der Waals surface area (Å²) in [5.74, 6) is 0.639. The molecule has 2 aromatic heterocycles. The van der Waals surface area contributed by atoms with Crippen LogP contribution < -0.4 is 9.64 Å². The summed E-state index contributed by atoms with van der Waals surface area (Å²) in [7, 11) is 2.14. The SMILES string of the molecule is Cc1cc2cc(C3Cc4ccc(N5CCN(C)CC5)cc4OC3=O)oc2c(C)n1. The van der Waals surface area contributed by atoms with E-state index in [4.69, 9.17) is 9.15 Å². The van der Waals surface area contributed by atoms with Gasteiger partial charge in [-0.2, -0.15) is 0 Å². The molecule has 1 unspecified atom stereocenters. The van der Waals surface area contributed by atoms with E-state index in [9.17, 15) is 4.79 Å². The molecular formula is C23H25N3O3. The lowest BCUT2D eigenvalue weighted by atomic mass is 9.93. The third-order valence-corrected chi connectivity index (χ3v) is 6.00. The molecule has 0 spiro atoms. The van der Waals surface area contributed by atoms with Crippen molar-refractivity contribution in [2.45, 2.75) is 26.2 Å². The second-order valence-electron chi connectivity index (χ2n) is 8.18. The van der Waals surface area contributed by atoms with E-state index in [1.165, 1.54) is 0 Å². The smallest absolute Gasteiger partial charge is 0.322 e. The van der Waals surface area contributed by atoms with Crippen LogP contribution in [0.25, 0.3) is 11.0 Å². The van der Waals surface area contributed by atoms with E-state index in [1.807, 2.05) is 32.0 Å². The lowest BCUT2D eigenvalue weighted by molar-refractivity contribution is -0.137. The molecule has 6 heteroatoms. The number of hydrogen-bond donors (Lipinski definition) is 0. The third kappa shape index (κ3) is 3.27. The molecule has 0 amide bonds. The molecule has 150 valence electrons. The highest BCUT2D eigenvalue weighted by Crippen LogP contribution is 2.38. The normalized spacial score (nSPS) is 20.0. The molecule has 29 heavy (non-hydrogen) atoms. The van der Waals surface area contributed by atoms with Gasteiger partial charge >= 0.3 is 5.97 Å². The Morgan fingerprint density at radius 1 is 1.07 bits per heavy atom. The number of esters is 1. The van der Waals surface area contributed by atoms with Gasteiger partial charge in [0.05, 0.1) is 5.69 Å². The van der Waals surface area contributed by atoms with Gasteiger partial charge < -0.3 is 19.0 Å². The van der Waals surface area contributed by atoms with E-state index in [1.54, 1.807) is 0 Å². The minimum atomic E-state index is -0.427. The number of ether oxygens (including phenoxy) is 1. The lowest BCUT2D eigenvalue weighted by Crippen LogP contribution is -2.44. The van der Waals surface area contributed by atoms with Crippen molar-refractivity contribution in [2.24, 2.45) is 0 Å². The molecule has 1 saturated heterocycles. The number of benzene rings is 1. The van der Waals surface area contributed by atoms with Crippen LogP contribution in [0.3, 0.4) is 0 Å². The van der Waals surface area contributed by atoms with Crippen molar-refractivity contribution in [2.75, 3.05) is 38.1 Å². The Bertz CT molecular complexity index is 1100. The van der Waals surface area contributed by atoms with Crippen molar-refractivity contribution in [1.82, 2.24) is 9.88 Å². The fourth-order valence-electron chi connectivity index (χ4n) is 4.33. The first kappa shape index (κ1) is 18.2. The molecule has 4 heterocycles. The molecule has 6 nitrogen and oxygen atoms in total. The largest absolute Gasteiger partial charge is 0.458 e. The molecule has 1 atom stereocenters. The van der Waals surface area contributed by atoms with Crippen molar-refractivity contribution in [3.63, 3.8) is 0 Å². The van der Waals surface area contributed by atoms with Gasteiger partial charge in [-0.3, -0.25) is 9.78 Å². The number of pyridine rings is 1. The van der Waals surface area contributed by atoms with Gasteiger partial charge in [0.2, 0.25) is 0 Å². The summed E-state index contributed by atoms with van der Waals surface area (Å²) in [4.78, 5) is 21.9. The predicted molar refractivity (Wildman–Crippen MR) is 112 cm³/mol. The molecule has 5 rings (SSSR count). The minimum absolute atomic E-state index is 0.255. The molecule has 1 fully saturated rings. The van der Waals surface area contributed by atoms with E-state index >= 15 is 0 Å². The number of aromatic nitrogens is 1. The molecule has 0 saturated carbocycles. The summed E-state index contributed by atoms with van der Waals surface area (Å²) < 4.78 is 11.8. The van der Waals surface area contributed by atoms with Crippen LogP contribution in [0.1, 0.15) is 28.6 Å². The maximum Gasteiger partial charge on any atom is 0.322 e. The highest BCUT2D eigenvalue weighted by Gasteiger charge is 2.33. The minimum Gasteiger partial charge on any atom is -0.458 e. The second kappa shape index (κ2) is 6.88. The number of hydrogen-bond acceptors (Lipinski definition) is 6. The van der Waals surface area contributed by atoms with Crippen LogP contribution in [0.2, 0.25) is 0 Å². The van der Waals surface area contributed by atoms with Crippen LogP contribution in [0.4, 0.5) is 5.69 Å². The number of carbonyl (C=O) groups excluding carboxylic acids is 1. The summed E-state index contributed by atoms with van der Waals surface area (Å²) in [6, 6.07) is 10.2. The van der Waals surface area contributed by atoms with E-state index < -0.39 is 5.92 Å². The zero-order valence-electron chi connectivity index (χ0n) is 17.1. The van der Waals surface area contributed by atoms with E-state index in [-0.39, 0.29) is 5.97 Å². The Labute approximate surface area is 170 Å². The standard InChI is InChI=1S/C23H25N3O3/c1-14-10-17-12-21(28-22(17)15(2)24-14)19-11-16-4-5-18(13-20(16)29-23(19)27)26-8-6-25(3)7-9-26/h4-5,10,12-13,19H,6-9,11H2,1-3H3. The number of piperazine rings is 1. The molecule has 0 aliphatic carbocycles. The highest BCUT2D eigenvalue weighted by atomic mass is 16.5. The van der Waals surface area contributed by atoms with Gasteiger partial charge in [-0.1, -0.05) is 6.07 Å². The summed E-state index contributed by atoms with van der Waals surface area (Å²) in [5, 5.41) is 0.981. The van der Waals surface area contributed by atoms with Gasteiger partial charge in [-0.25, -0.2) is 0 Å². The van der Waals surface area contributed by atoms with Crippen LogP contribution in [0.15, 0.2) is 34.7 Å².